The van der Waals surface area contributed by atoms with Crippen LogP contribution in [0.15, 0.2) is 53.9 Å². The molecule has 3 aromatic rings. The van der Waals surface area contributed by atoms with Crippen molar-refractivity contribution < 1.29 is 9.59 Å². The Labute approximate surface area is 167 Å². The van der Waals surface area contributed by atoms with Crippen molar-refractivity contribution in [3.8, 4) is 16.3 Å². The third-order valence-corrected chi connectivity index (χ3v) is 5.99. The van der Waals surface area contributed by atoms with E-state index in [9.17, 15) is 9.59 Å². The molecule has 1 aliphatic heterocycles. The van der Waals surface area contributed by atoms with Crippen LogP contribution >= 0.6 is 11.3 Å². The van der Waals surface area contributed by atoms with Crippen molar-refractivity contribution in [1.82, 2.24) is 20.0 Å². The highest BCUT2D eigenvalue weighted by atomic mass is 32.1. The zero-order chi connectivity index (χ0) is 19.5. The molecule has 0 spiro atoms. The predicted molar refractivity (Wildman–Crippen MR) is 110 cm³/mol. The first-order chi connectivity index (χ1) is 13.7. The molecule has 144 valence electrons. The SMILES string of the molecule is CNC(=O)C1CCN(C(=O)c2cc(-c3cccs3)nn2-c2ccccc2)CC1. The number of aromatic nitrogens is 2. The molecule has 4 rings (SSSR count). The van der Waals surface area contributed by atoms with Gasteiger partial charge >= 0.3 is 0 Å². The van der Waals surface area contributed by atoms with Crippen LogP contribution < -0.4 is 5.32 Å². The Morgan fingerprint density at radius 3 is 2.50 bits per heavy atom. The molecule has 2 amide bonds. The standard InChI is InChI=1S/C21H22N4O2S/c1-22-20(26)15-9-11-24(12-10-15)21(27)18-14-17(19-8-5-13-28-19)23-25(18)16-6-3-2-4-7-16/h2-8,13-15H,9-12H2,1H3,(H,22,26). The molecule has 0 radical (unpaired) electrons. The van der Waals surface area contributed by atoms with Gasteiger partial charge in [0.05, 0.1) is 10.6 Å². The molecule has 0 aliphatic carbocycles. The number of rotatable bonds is 4. The van der Waals surface area contributed by atoms with Crippen molar-refractivity contribution >= 4 is 23.2 Å². The summed E-state index contributed by atoms with van der Waals surface area (Å²) in [5.41, 5.74) is 2.20. The number of nitrogens with zero attached hydrogens (tertiary/aromatic N) is 3. The number of hydrogen-bond acceptors (Lipinski definition) is 4. The maximum Gasteiger partial charge on any atom is 0.272 e. The molecule has 6 nitrogen and oxygen atoms in total. The summed E-state index contributed by atoms with van der Waals surface area (Å²) in [6.45, 7) is 1.15. The number of nitrogens with one attached hydrogen (secondary N) is 1. The van der Waals surface area contributed by atoms with Crippen LogP contribution in [0.3, 0.4) is 0 Å². The number of carbonyl (C=O) groups is 2. The fourth-order valence-corrected chi connectivity index (χ4v) is 4.24. The van der Waals surface area contributed by atoms with E-state index in [1.165, 1.54) is 0 Å². The molecule has 1 aliphatic rings. The van der Waals surface area contributed by atoms with Crippen molar-refractivity contribution in [2.45, 2.75) is 12.8 Å². The molecule has 3 heterocycles. The molecular weight excluding hydrogens is 372 g/mol. The number of amides is 2. The summed E-state index contributed by atoms with van der Waals surface area (Å²) in [6, 6.07) is 15.6. The maximum atomic E-state index is 13.3. The van der Waals surface area contributed by atoms with E-state index in [0.29, 0.717) is 31.6 Å². The van der Waals surface area contributed by atoms with E-state index in [4.69, 9.17) is 5.10 Å². The van der Waals surface area contributed by atoms with Crippen LogP contribution in [-0.2, 0) is 4.79 Å². The lowest BCUT2D eigenvalue weighted by molar-refractivity contribution is -0.125. The third-order valence-electron chi connectivity index (χ3n) is 5.10. The Bertz CT molecular complexity index is 958. The minimum atomic E-state index is -0.0467. The average Bonchev–Trinajstić information content (AvgIpc) is 3.43. The van der Waals surface area contributed by atoms with E-state index < -0.39 is 0 Å². The first-order valence-electron chi connectivity index (χ1n) is 9.37. The first kappa shape index (κ1) is 18.4. The third kappa shape index (κ3) is 3.57. The van der Waals surface area contributed by atoms with E-state index in [1.807, 2.05) is 58.8 Å². The number of carbonyl (C=O) groups excluding carboxylic acids is 2. The van der Waals surface area contributed by atoms with Crippen molar-refractivity contribution in [2.24, 2.45) is 5.92 Å². The Hall–Kier alpha value is -2.93. The topological polar surface area (TPSA) is 67.2 Å². The summed E-state index contributed by atoms with van der Waals surface area (Å²) in [7, 11) is 1.66. The van der Waals surface area contributed by atoms with Gasteiger partial charge in [0, 0.05) is 26.1 Å². The summed E-state index contributed by atoms with van der Waals surface area (Å²) in [6.07, 6.45) is 1.37. The molecule has 7 heteroatoms. The van der Waals surface area contributed by atoms with Crippen LogP contribution in [0.25, 0.3) is 16.3 Å². The molecule has 1 N–H and O–H groups in total. The molecule has 0 saturated carbocycles. The lowest BCUT2D eigenvalue weighted by Gasteiger charge is -2.31. The van der Waals surface area contributed by atoms with Gasteiger partial charge in [0.25, 0.3) is 5.91 Å². The predicted octanol–water partition coefficient (Wildman–Crippen LogP) is 3.20. The van der Waals surface area contributed by atoms with Gasteiger partial charge in [0.15, 0.2) is 0 Å². The van der Waals surface area contributed by atoms with Gasteiger partial charge in [0.2, 0.25) is 5.91 Å². The van der Waals surface area contributed by atoms with E-state index in [-0.39, 0.29) is 17.7 Å². The van der Waals surface area contributed by atoms with Crippen molar-refractivity contribution in [2.75, 3.05) is 20.1 Å². The number of thiophene rings is 1. The highest BCUT2D eigenvalue weighted by Gasteiger charge is 2.29. The largest absolute Gasteiger partial charge is 0.359 e. The highest BCUT2D eigenvalue weighted by molar-refractivity contribution is 7.13. The molecule has 0 atom stereocenters. The second-order valence-electron chi connectivity index (χ2n) is 6.82. The summed E-state index contributed by atoms with van der Waals surface area (Å²) in [5.74, 6) is -0.00862. The van der Waals surface area contributed by atoms with Gasteiger partial charge in [0.1, 0.15) is 11.4 Å². The molecule has 2 aromatic heterocycles. The number of likely N-dealkylation sites (tertiary alicyclic amines) is 1. The van der Waals surface area contributed by atoms with Crippen molar-refractivity contribution in [1.29, 1.82) is 0 Å². The van der Waals surface area contributed by atoms with Gasteiger partial charge < -0.3 is 10.2 Å². The average molecular weight is 395 g/mol. The number of hydrogen-bond donors (Lipinski definition) is 1. The van der Waals surface area contributed by atoms with Crippen LogP contribution in [0.4, 0.5) is 0 Å². The van der Waals surface area contributed by atoms with Gasteiger partial charge in [-0.1, -0.05) is 24.3 Å². The summed E-state index contributed by atoms with van der Waals surface area (Å²) >= 11 is 1.60. The van der Waals surface area contributed by atoms with E-state index in [1.54, 1.807) is 23.1 Å². The number of piperidine rings is 1. The zero-order valence-electron chi connectivity index (χ0n) is 15.7. The normalized spacial score (nSPS) is 14.8. The number of para-hydroxylation sites is 1. The van der Waals surface area contributed by atoms with Gasteiger partial charge in [-0.3, -0.25) is 9.59 Å². The molecule has 1 aromatic carbocycles. The van der Waals surface area contributed by atoms with Crippen LogP contribution in [0, 0.1) is 5.92 Å². The minimum absolute atomic E-state index is 0.0187. The van der Waals surface area contributed by atoms with Crippen LogP contribution in [0.2, 0.25) is 0 Å². The van der Waals surface area contributed by atoms with Crippen LogP contribution in [0.5, 0.6) is 0 Å². The molecule has 1 fully saturated rings. The van der Waals surface area contributed by atoms with Crippen molar-refractivity contribution in [3.63, 3.8) is 0 Å². The Balaban J connectivity index is 1.63. The van der Waals surface area contributed by atoms with Crippen molar-refractivity contribution in [3.05, 3.63) is 59.6 Å². The number of benzene rings is 1. The lowest BCUT2D eigenvalue weighted by Crippen LogP contribution is -2.42. The zero-order valence-corrected chi connectivity index (χ0v) is 16.5. The van der Waals surface area contributed by atoms with Gasteiger partial charge in [-0.15, -0.1) is 11.3 Å². The van der Waals surface area contributed by atoms with E-state index in [0.717, 1.165) is 16.3 Å². The van der Waals surface area contributed by atoms with Crippen LogP contribution in [-0.4, -0.2) is 46.6 Å². The van der Waals surface area contributed by atoms with Gasteiger partial charge in [-0.25, -0.2) is 4.68 Å². The van der Waals surface area contributed by atoms with Gasteiger partial charge in [-0.2, -0.15) is 5.10 Å². The second kappa shape index (κ2) is 7.98. The first-order valence-corrected chi connectivity index (χ1v) is 10.3. The molecule has 1 saturated heterocycles. The molecule has 28 heavy (non-hydrogen) atoms. The fraction of sp³-hybridized carbons (Fsp3) is 0.286. The molecule has 0 unspecified atom stereocenters. The van der Waals surface area contributed by atoms with Crippen LogP contribution in [0.1, 0.15) is 23.3 Å². The Morgan fingerprint density at radius 1 is 1.11 bits per heavy atom. The molecular formula is C21H22N4O2S. The monoisotopic (exact) mass is 394 g/mol. The highest BCUT2D eigenvalue weighted by Crippen LogP contribution is 2.27. The van der Waals surface area contributed by atoms with E-state index >= 15 is 0 Å². The van der Waals surface area contributed by atoms with E-state index in [2.05, 4.69) is 5.32 Å². The summed E-state index contributed by atoms with van der Waals surface area (Å²) in [4.78, 5) is 28.0. The quantitative estimate of drug-likeness (QED) is 0.739. The second-order valence-corrected chi connectivity index (χ2v) is 7.77. The summed E-state index contributed by atoms with van der Waals surface area (Å²) < 4.78 is 1.72. The Kier molecular flexibility index (Phi) is 5.25. The molecule has 0 bridgehead atoms. The smallest absolute Gasteiger partial charge is 0.272 e. The minimum Gasteiger partial charge on any atom is -0.359 e. The summed E-state index contributed by atoms with van der Waals surface area (Å²) in [5, 5.41) is 9.42. The Morgan fingerprint density at radius 2 is 1.86 bits per heavy atom. The fourth-order valence-electron chi connectivity index (χ4n) is 3.56. The van der Waals surface area contributed by atoms with Gasteiger partial charge in [-0.05, 0) is 42.5 Å². The lowest BCUT2D eigenvalue weighted by atomic mass is 9.96. The maximum absolute atomic E-state index is 13.3.